The van der Waals surface area contributed by atoms with E-state index in [1.165, 1.54) is 18.2 Å². The average molecular weight is 225 g/mol. The normalized spacial score (nSPS) is 10.1. The van der Waals surface area contributed by atoms with E-state index in [0.29, 0.717) is 6.61 Å². The van der Waals surface area contributed by atoms with E-state index in [4.69, 9.17) is 4.74 Å². The van der Waals surface area contributed by atoms with Crippen LogP contribution in [0.15, 0.2) is 18.2 Å². The molecule has 3 nitrogen and oxygen atoms in total. The van der Waals surface area contributed by atoms with Gasteiger partial charge in [-0.3, -0.25) is 0 Å². The van der Waals surface area contributed by atoms with Gasteiger partial charge in [-0.25, -0.2) is 9.78 Å². The molecule has 0 unspecified atom stereocenters. The van der Waals surface area contributed by atoms with Crippen LogP contribution in [0.1, 0.15) is 43.1 Å². The maximum atomic E-state index is 12.7. The number of nitrogens with zero attached hydrogens (tertiary/aromatic N) is 1. The van der Waals surface area contributed by atoms with Crippen LogP contribution in [0.25, 0.3) is 0 Å². The second kappa shape index (κ2) is 6.93. The third-order valence-corrected chi connectivity index (χ3v) is 2.16. The first kappa shape index (κ1) is 12.6. The minimum absolute atomic E-state index is 0.0236. The molecule has 1 aromatic heterocycles. The van der Waals surface area contributed by atoms with E-state index in [1.807, 2.05) is 0 Å². The maximum absolute atomic E-state index is 12.7. The van der Waals surface area contributed by atoms with Crippen molar-refractivity contribution < 1.29 is 13.9 Å². The second-order valence-corrected chi connectivity index (χ2v) is 3.54. The number of halogens is 1. The van der Waals surface area contributed by atoms with Gasteiger partial charge in [-0.15, -0.1) is 0 Å². The van der Waals surface area contributed by atoms with Crippen molar-refractivity contribution in [3.63, 3.8) is 0 Å². The van der Waals surface area contributed by atoms with Crippen LogP contribution in [0, 0.1) is 5.95 Å². The first-order valence-electron chi connectivity index (χ1n) is 5.53. The molecule has 16 heavy (non-hydrogen) atoms. The highest BCUT2D eigenvalue weighted by Gasteiger charge is 2.08. The number of carbonyl (C=O) groups excluding carboxylic acids is 1. The summed E-state index contributed by atoms with van der Waals surface area (Å²) in [6.45, 7) is 2.49. The molecular weight excluding hydrogens is 209 g/mol. The zero-order chi connectivity index (χ0) is 11.8. The molecule has 0 saturated carbocycles. The maximum Gasteiger partial charge on any atom is 0.357 e. The van der Waals surface area contributed by atoms with Crippen LogP contribution in [0.4, 0.5) is 4.39 Å². The van der Waals surface area contributed by atoms with Crippen molar-refractivity contribution in [1.29, 1.82) is 0 Å². The van der Waals surface area contributed by atoms with Crippen molar-refractivity contribution >= 4 is 5.97 Å². The predicted molar refractivity (Wildman–Crippen MR) is 58.6 cm³/mol. The monoisotopic (exact) mass is 225 g/mol. The zero-order valence-electron chi connectivity index (χ0n) is 9.41. The minimum atomic E-state index is -0.666. The van der Waals surface area contributed by atoms with Gasteiger partial charge in [-0.2, -0.15) is 4.39 Å². The number of esters is 1. The Morgan fingerprint density at radius 1 is 1.38 bits per heavy atom. The first-order valence-corrected chi connectivity index (χ1v) is 5.53. The lowest BCUT2D eigenvalue weighted by atomic mass is 10.2. The lowest BCUT2D eigenvalue weighted by molar-refractivity contribution is 0.0489. The third-order valence-electron chi connectivity index (χ3n) is 2.16. The van der Waals surface area contributed by atoms with E-state index in [2.05, 4.69) is 11.9 Å². The number of rotatable bonds is 6. The lowest BCUT2D eigenvalue weighted by Gasteiger charge is -2.03. The van der Waals surface area contributed by atoms with E-state index in [1.54, 1.807) is 0 Å². The topological polar surface area (TPSA) is 39.2 Å². The van der Waals surface area contributed by atoms with Crippen molar-refractivity contribution in [2.24, 2.45) is 0 Å². The van der Waals surface area contributed by atoms with Gasteiger partial charge in [0.2, 0.25) is 5.95 Å². The van der Waals surface area contributed by atoms with Crippen LogP contribution in [-0.2, 0) is 4.74 Å². The van der Waals surface area contributed by atoms with E-state index < -0.39 is 11.9 Å². The number of hydrogen-bond acceptors (Lipinski definition) is 3. The predicted octanol–water partition coefficient (Wildman–Crippen LogP) is 2.96. The molecule has 0 aliphatic carbocycles. The molecule has 0 N–H and O–H groups in total. The Bertz CT molecular complexity index is 342. The van der Waals surface area contributed by atoms with E-state index in [0.717, 1.165) is 25.7 Å². The number of hydrogen-bond donors (Lipinski definition) is 0. The number of carbonyl (C=O) groups is 1. The molecule has 0 radical (unpaired) electrons. The standard InChI is InChI=1S/C12H16FNO2/c1-2-3-4-5-9-16-12(15)10-7-6-8-11(13)14-10/h6-8H,2-5,9H2,1H3. The molecule has 1 rings (SSSR count). The summed E-state index contributed by atoms with van der Waals surface area (Å²) in [7, 11) is 0. The number of ether oxygens (including phenoxy) is 1. The summed E-state index contributed by atoms with van der Waals surface area (Å²) in [5, 5.41) is 0. The van der Waals surface area contributed by atoms with E-state index in [9.17, 15) is 9.18 Å². The van der Waals surface area contributed by atoms with Crippen LogP contribution < -0.4 is 0 Å². The summed E-state index contributed by atoms with van der Waals surface area (Å²) >= 11 is 0. The van der Waals surface area contributed by atoms with Crippen molar-refractivity contribution in [2.75, 3.05) is 6.61 Å². The molecular formula is C12H16FNO2. The molecule has 0 aliphatic rings. The van der Waals surface area contributed by atoms with Crippen molar-refractivity contribution in [3.05, 3.63) is 29.8 Å². The number of aromatic nitrogens is 1. The Morgan fingerprint density at radius 3 is 2.88 bits per heavy atom. The summed E-state index contributed by atoms with van der Waals surface area (Å²) in [6.07, 6.45) is 4.16. The van der Waals surface area contributed by atoms with Crippen LogP contribution in [0.3, 0.4) is 0 Å². The Balaban J connectivity index is 2.30. The Morgan fingerprint density at radius 2 is 2.19 bits per heavy atom. The fourth-order valence-corrected chi connectivity index (χ4v) is 1.29. The summed E-state index contributed by atoms with van der Waals surface area (Å²) in [5.74, 6) is -1.23. The second-order valence-electron chi connectivity index (χ2n) is 3.54. The summed E-state index contributed by atoms with van der Waals surface area (Å²) in [6, 6.07) is 4.07. The fourth-order valence-electron chi connectivity index (χ4n) is 1.29. The molecule has 0 aliphatic heterocycles. The SMILES string of the molecule is CCCCCCOC(=O)c1cccc(F)n1. The fraction of sp³-hybridized carbons (Fsp3) is 0.500. The molecule has 0 saturated heterocycles. The molecule has 0 bridgehead atoms. The average Bonchev–Trinajstić information content (AvgIpc) is 2.28. The highest BCUT2D eigenvalue weighted by Crippen LogP contribution is 2.03. The van der Waals surface area contributed by atoms with E-state index >= 15 is 0 Å². The van der Waals surface area contributed by atoms with Gasteiger partial charge in [-0.1, -0.05) is 32.3 Å². The van der Waals surface area contributed by atoms with Gasteiger partial charge >= 0.3 is 5.97 Å². The Labute approximate surface area is 94.6 Å². The Kier molecular flexibility index (Phi) is 5.46. The largest absolute Gasteiger partial charge is 0.461 e. The van der Waals surface area contributed by atoms with Gasteiger partial charge in [0.05, 0.1) is 6.61 Å². The molecule has 0 aromatic carbocycles. The van der Waals surface area contributed by atoms with Gasteiger partial charge in [0.15, 0.2) is 5.69 Å². The molecule has 1 heterocycles. The molecule has 0 amide bonds. The molecule has 1 aromatic rings. The zero-order valence-corrected chi connectivity index (χ0v) is 9.41. The first-order chi connectivity index (χ1) is 7.74. The van der Waals surface area contributed by atoms with Gasteiger partial charge in [0, 0.05) is 0 Å². The highest BCUT2D eigenvalue weighted by molar-refractivity contribution is 5.87. The van der Waals surface area contributed by atoms with Gasteiger partial charge in [0.25, 0.3) is 0 Å². The van der Waals surface area contributed by atoms with Gasteiger partial charge in [-0.05, 0) is 18.6 Å². The van der Waals surface area contributed by atoms with Gasteiger partial charge in [0.1, 0.15) is 0 Å². The summed E-state index contributed by atoms with van der Waals surface area (Å²) in [5.41, 5.74) is 0.0236. The lowest BCUT2D eigenvalue weighted by Crippen LogP contribution is -2.09. The third kappa shape index (κ3) is 4.38. The highest BCUT2D eigenvalue weighted by atomic mass is 19.1. The van der Waals surface area contributed by atoms with Crippen molar-refractivity contribution in [2.45, 2.75) is 32.6 Å². The Hall–Kier alpha value is -1.45. The summed E-state index contributed by atoms with van der Waals surface area (Å²) in [4.78, 5) is 14.8. The summed E-state index contributed by atoms with van der Waals surface area (Å²) < 4.78 is 17.7. The van der Waals surface area contributed by atoms with Gasteiger partial charge < -0.3 is 4.74 Å². The van der Waals surface area contributed by atoms with Crippen LogP contribution in [0.2, 0.25) is 0 Å². The molecule has 0 fully saturated rings. The van der Waals surface area contributed by atoms with Crippen LogP contribution >= 0.6 is 0 Å². The molecule has 4 heteroatoms. The van der Waals surface area contributed by atoms with Crippen LogP contribution in [-0.4, -0.2) is 17.6 Å². The molecule has 88 valence electrons. The minimum Gasteiger partial charge on any atom is -0.461 e. The molecule has 0 atom stereocenters. The molecule has 0 spiro atoms. The van der Waals surface area contributed by atoms with Crippen LogP contribution in [0.5, 0.6) is 0 Å². The number of pyridine rings is 1. The van der Waals surface area contributed by atoms with Crippen molar-refractivity contribution in [3.8, 4) is 0 Å². The van der Waals surface area contributed by atoms with E-state index in [-0.39, 0.29) is 5.69 Å². The smallest absolute Gasteiger partial charge is 0.357 e. The number of unbranched alkanes of at least 4 members (excludes halogenated alkanes) is 3. The van der Waals surface area contributed by atoms with Crippen molar-refractivity contribution in [1.82, 2.24) is 4.98 Å². The quantitative estimate of drug-likeness (QED) is 0.424.